The normalized spacial score (nSPS) is 13.3. The van der Waals surface area contributed by atoms with Gasteiger partial charge in [-0.25, -0.2) is 0 Å². The van der Waals surface area contributed by atoms with Crippen LogP contribution in [0.4, 0.5) is 0 Å². The van der Waals surface area contributed by atoms with E-state index in [1.807, 2.05) is 55.7 Å². The van der Waals surface area contributed by atoms with E-state index in [0.717, 1.165) is 16.5 Å². The second kappa shape index (κ2) is 7.97. The molecule has 0 saturated carbocycles. The minimum atomic E-state index is -0.256. The van der Waals surface area contributed by atoms with Crippen molar-refractivity contribution in [2.45, 2.75) is 43.8 Å². The van der Waals surface area contributed by atoms with Gasteiger partial charge in [0.15, 0.2) is 5.16 Å². The molecule has 23 heavy (non-hydrogen) atoms. The lowest BCUT2D eigenvalue weighted by Gasteiger charge is -2.17. The van der Waals surface area contributed by atoms with Crippen molar-refractivity contribution in [1.82, 2.24) is 20.1 Å². The molecule has 1 N–H and O–H groups in total. The fourth-order valence-corrected chi connectivity index (χ4v) is 3.07. The van der Waals surface area contributed by atoms with E-state index in [1.165, 1.54) is 11.8 Å². The Hall–Kier alpha value is -2.08. The highest BCUT2D eigenvalue weighted by Crippen LogP contribution is 2.23. The molecule has 1 aromatic heterocycles. The van der Waals surface area contributed by atoms with Crippen LogP contribution in [0.2, 0.25) is 0 Å². The molecule has 0 radical (unpaired) electrons. The Balaban J connectivity index is 1.99. The monoisotopic (exact) mass is 330 g/mol. The van der Waals surface area contributed by atoms with Crippen molar-refractivity contribution in [2.24, 2.45) is 0 Å². The Morgan fingerprint density at radius 3 is 2.70 bits per heavy atom. The largest absolute Gasteiger partial charge is 0.349 e. The van der Waals surface area contributed by atoms with Crippen molar-refractivity contribution in [2.75, 3.05) is 0 Å². The molecule has 0 spiro atoms. The average Bonchev–Trinajstić information content (AvgIpc) is 2.89. The van der Waals surface area contributed by atoms with Crippen LogP contribution in [0.25, 0.3) is 0 Å². The first-order valence-electron chi connectivity index (χ1n) is 7.55. The number of nitrogens with zero attached hydrogens (tertiary/aromatic N) is 3. The number of aromatic nitrogens is 3. The van der Waals surface area contributed by atoms with E-state index in [9.17, 15) is 4.79 Å². The van der Waals surface area contributed by atoms with E-state index in [4.69, 9.17) is 0 Å². The van der Waals surface area contributed by atoms with E-state index < -0.39 is 0 Å². The molecule has 0 bridgehead atoms. The molecule has 0 saturated heterocycles. The van der Waals surface area contributed by atoms with Gasteiger partial charge in [-0.05, 0) is 26.3 Å². The van der Waals surface area contributed by atoms with Crippen molar-refractivity contribution in [1.29, 1.82) is 0 Å². The average molecular weight is 330 g/mol. The van der Waals surface area contributed by atoms with E-state index in [2.05, 4.69) is 22.1 Å². The third kappa shape index (κ3) is 4.45. The summed E-state index contributed by atoms with van der Waals surface area (Å²) >= 11 is 1.41. The Kier molecular flexibility index (Phi) is 5.98. The van der Waals surface area contributed by atoms with Crippen LogP contribution < -0.4 is 5.32 Å². The molecule has 0 aliphatic heterocycles. The molecule has 2 rings (SSSR count). The summed E-state index contributed by atoms with van der Waals surface area (Å²) in [5, 5.41) is 11.7. The van der Waals surface area contributed by atoms with Gasteiger partial charge in [-0.3, -0.25) is 4.79 Å². The predicted molar refractivity (Wildman–Crippen MR) is 93.3 cm³/mol. The van der Waals surface area contributed by atoms with Gasteiger partial charge in [-0.15, -0.1) is 16.8 Å². The van der Waals surface area contributed by atoms with Crippen LogP contribution in [0.15, 0.2) is 48.1 Å². The third-order valence-corrected chi connectivity index (χ3v) is 4.60. The number of thioether (sulfide) groups is 1. The maximum absolute atomic E-state index is 12.4. The number of nitrogens with one attached hydrogen (secondary N) is 1. The second-order valence-electron chi connectivity index (χ2n) is 5.33. The summed E-state index contributed by atoms with van der Waals surface area (Å²) in [7, 11) is 0. The number of hydrogen-bond donors (Lipinski definition) is 1. The molecule has 0 fully saturated rings. The molecular formula is C17H22N4OS. The van der Waals surface area contributed by atoms with Gasteiger partial charge in [-0.1, -0.05) is 48.2 Å². The topological polar surface area (TPSA) is 59.8 Å². The molecule has 1 aromatic carbocycles. The van der Waals surface area contributed by atoms with Gasteiger partial charge < -0.3 is 9.88 Å². The van der Waals surface area contributed by atoms with Gasteiger partial charge in [0.05, 0.1) is 11.3 Å². The van der Waals surface area contributed by atoms with Crippen LogP contribution in [0.3, 0.4) is 0 Å². The third-order valence-electron chi connectivity index (χ3n) is 3.52. The van der Waals surface area contributed by atoms with Gasteiger partial charge in [0.1, 0.15) is 5.82 Å². The van der Waals surface area contributed by atoms with E-state index in [1.54, 1.807) is 6.08 Å². The summed E-state index contributed by atoms with van der Waals surface area (Å²) in [5.41, 5.74) is 1.09. The number of hydrogen-bond acceptors (Lipinski definition) is 4. The van der Waals surface area contributed by atoms with Gasteiger partial charge >= 0.3 is 0 Å². The number of benzene rings is 1. The lowest BCUT2D eigenvalue weighted by molar-refractivity contribution is -0.120. The molecule has 122 valence electrons. The Morgan fingerprint density at radius 1 is 1.35 bits per heavy atom. The van der Waals surface area contributed by atoms with Crippen LogP contribution >= 0.6 is 11.8 Å². The first-order chi connectivity index (χ1) is 11.0. The van der Waals surface area contributed by atoms with Crippen molar-refractivity contribution < 1.29 is 4.79 Å². The summed E-state index contributed by atoms with van der Waals surface area (Å²) in [6.45, 7) is 10.1. The fourth-order valence-electron chi connectivity index (χ4n) is 2.16. The lowest BCUT2D eigenvalue weighted by Crippen LogP contribution is -2.33. The molecule has 0 aliphatic rings. The van der Waals surface area contributed by atoms with Crippen LogP contribution in [-0.2, 0) is 11.3 Å². The van der Waals surface area contributed by atoms with Crippen LogP contribution in [0.5, 0.6) is 0 Å². The Morgan fingerprint density at radius 2 is 2.04 bits per heavy atom. The van der Waals surface area contributed by atoms with Crippen molar-refractivity contribution in [3.8, 4) is 0 Å². The number of aryl methyl sites for hydroxylation is 1. The molecule has 2 unspecified atom stereocenters. The number of amides is 1. The highest BCUT2D eigenvalue weighted by atomic mass is 32.2. The number of carbonyl (C=O) groups excluding carboxylic acids is 1. The van der Waals surface area contributed by atoms with Crippen LogP contribution in [0.1, 0.15) is 31.3 Å². The molecular weight excluding hydrogens is 308 g/mol. The zero-order valence-corrected chi connectivity index (χ0v) is 14.5. The quantitative estimate of drug-likeness (QED) is 0.626. The van der Waals surface area contributed by atoms with Gasteiger partial charge in [0.25, 0.3) is 0 Å². The molecule has 0 aliphatic carbocycles. The first-order valence-corrected chi connectivity index (χ1v) is 8.43. The van der Waals surface area contributed by atoms with E-state index in [-0.39, 0.29) is 17.2 Å². The van der Waals surface area contributed by atoms with Gasteiger partial charge in [-0.2, -0.15) is 0 Å². The van der Waals surface area contributed by atoms with Crippen molar-refractivity contribution in [3.63, 3.8) is 0 Å². The molecule has 2 aromatic rings. The molecule has 5 nitrogen and oxygen atoms in total. The summed E-state index contributed by atoms with van der Waals surface area (Å²) in [5.74, 6) is 0.801. The highest BCUT2D eigenvalue weighted by Gasteiger charge is 2.20. The minimum absolute atomic E-state index is 0.0165. The van der Waals surface area contributed by atoms with E-state index in [0.29, 0.717) is 6.54 Å². The zero-order chi connectivity index (χ0) is 16.8. The summed E-state index contributed by atoms with van der Waals surface area (Å²) in [6.07, 6.45) is 1.79. The molecule has 1 amide bonds. The van der Waals surface area contributed by atoms with Gasteiger partial charge in [0, 0.05) is 6.54 Å². The first kappa shape index (κ1) is 17.3. The summed E-state index contributed by atoms with van der Waals surface area (Å²) in [6, 6.07) is 9.89. The van der Waals surface area contributed by atoms with Crippen molar-refractivity contribution >= 4 is 17.7 Å². The van der Waals surface area contributed by atoms with Crippen LogP contribution in [0, 0.1) is 6.92 Å². The smallest absolute Gasteiger partial charge is 0.233 e. The molecule has 1 heterocycles. The fraction of sp³-hybridized carbons (Fsp3) is 0.353. The maximum atomic E-state index is 12.4. The summed E-state index contributed by atoms with van der Waals surface area (Å²) < 4.78 is 1.95. The standard InChI is InChI=1S/C17H22N4OS/c1-5-11-21-14(4)19-20-17(21)23-13(3)16(22)18-12(2)15-9-7-6-8-10-15/h5-10,12-13H,1,11H2,2-4H3,(H,18,22). The zero-order valence-electron chi connectivity index (χ0n) is 13.7. The number of allylic oxidation sites excluding steroid dienone is 1. The van der Waals surface area contributed by atoms with Gasteiger partial charge in [0.2, 0.25) is 5.91 Å². The molecule has 2 atom stereocenters. The Labute approximate surface area is 141 Å². The summed E-state index contributed by atoms with van der Waals surface area (Å²) in [4.78, 5) is 12.4. The molecule has 6 heteroatoms. The van der Waals surface area contributed by atoms with E-state index >= 15 is 0 Å². The SMILES string of the molecule is C=CCn1c(C)nnc1SC(C)C(=O)NC(C)c1ccccc1. The number of rotatable bonds is 7. The predicted octanol–water partition coefficient (Wildman–Crippen LogP) is 3.13. The highest BCUT2D eigenvalue weighted by molar-refractivity contribution is 8.00. The maximum Gasteiger partial charge on any atom is 0.233 e. The minimum Gasteiger partial charge on any atom is -0.349 e. The van der Waals surface area contributed by atoms with Crippen LogP contribution in [-0.4, -0.2) is 25.9 Å². The Bertz CT molecular complexity index is 668. The second-order valence-corrected chi connectivity index (χ2v) is 6.64. The van der Waals surface area contributed by atoms with Crippen molar-refractivity contribution in [3.05, 3.63) is 54.4 Å². The lowest BCUT2D eigenvalue weighted by atomic mass is 10.1. The number of carbonyl (C=O) groups is 1.